The zero-order chi connectivity index (χ0) is 18.7. The fourth-order valence-electron chi connectivity index (χ4n) is 3.06. The van der Waals surface area contributed by atoms with Crippen LogP contribution in [-0.2, 0) is 9.53 Å². The van der Waals surface area contributed by atoms with Crippen LogP contribution in [0, 0.1) is 0 Å². The molecular weight excluding hydrogens is 336 g/mol. The first-order valence-corrected chi connectivity index (χ1v) is 8.46. The molecule has 26 heavy (non-hydrogen) atoms. The van der Waals surface area contributed by atoms with Gasteiger partial charge in [0.2, 0.25) is 5.95 Å². The van der Waals surface area contributed by atoms with Gasteiger partial charge in [-0.25, -0.2) is 9.48 Å². The van der Waals surface area contributed by atoms with Crippen molar-refractivity contribution in [1.82, 2.24) is 14.8 Å². The molecule has 1 aromatic heterocycles. The smallest absolute Gasteiger partial charge is 0.338 e. The lowest BCUT2D eigenvalue weighted by Crippen LogP contribution is -2.30. The molecule has 138 valence electrons. The van der Waals surface area contributed by atoms with Gasteiger partial charge in [-0.1, -0.05) is 12.1 Å². The topological polar surface area (TPSA) is 87.5 Å². The maximum absolute atomic E-state index is 12.7. The Labute approximate surface area is 151 Å². The highest BCUT2D eigenvalue weighted by Crippen LogP contribution is 2.42. The Morgan fingerprint density at radius 1 is 1.31 bits per heavy atom. The summed E-state index contributed by atoms with van der Waals surface area (Å²) in [6, 6.07) is 5.03. The van der Waals surface area contributed by atoms with Gasteiger partial charge in [-0.3, -0.25) is 0 Å². The highest BCUT2D eigenvalue weighted by atomic mass is 16.5. The van der Waals surface area contributed by atoms with Gasteiger partial charge in [-0.05, 0) is 26.8 Å². The monoisotopic (exact) mass is 358 g/mol. The molecule has 1 aliphatic heterocycles. The lowest BCUT2D eigenvalue weighted by molar-refractivity contribution is -0.139. The summed E-state index contributed by atoms with van der Waals surface area (Å²) in [6.45, 7) is 6.23. The van der Waals surface area contributed by atoms with Gasteiger partial charge in [-0.15, -0.1) is 0 Å². The minimum Gasteiger partial charge on any atom is -0.493 e. The van der Waals surface area contributed by atoms with E-state index in [9.17, 15) is 4.79 Å². The molecular formula is C18H22N4O4. The zero-order valence-electron chi connectivity index (χ0n) is 15.3. The number of fused-ring (bicyclic) bond motifs is 1. The van der Waals surface area contributed by atoms with Gasteiger partial charge in [-0.2, -0.15) is 10.1 Å². The minimum absolute atomic E-state index is 0.281. The Hall–Kier alpha value is -3.03. The quantitative estimate of drug-likeness (QED) is 0.794. The predicted octanol–water partition coefficient (Wildman–Crippen LogP) is 2.54. The summed E-state index contributed by atoms with van der Waals surface area (Å²) in [5.41, 5.74) is 1.88. The first-order chi connectivity index (χ1) is 12.6. The van der Waals surface area contributed by atoms with Gasteiger partial charge in [0.15, 0.2) is 11.5 Å². The standard InChI is InChI=1S/C18H22N4O4/c1-5-25-16-12(8-7-9-13(16)24-4)15-14(17(23)26-6-2)11(3)21-18-19-10-20-22(15)18/h7-10,15H,5-6H2,1-4H3,(H,19,20,21). The first-order valence-electron chi connectivity index (χ1n) is 8.46. The molecule has 0 radical (unpaired) electrons. The Balaban J connectivity index is 2.22. The second kappa shape index (κ2) is 7.47. The normalized spacial score (nSPS) is 15.9. The van der Waals surface area contributed by atoms with E-state index < -0.39 is 12.0 Å². The molecule has 1 unspecified atom stereocenters. The maximum Gasteiger partial charge on any atom is 0.338 e. The van der Waals surface area contributed by atoms with Crippen LogP contribution in [0.25, 0.3) is 0 Å². The van der Waals surface area contributed by atoms with E-state index in [0.29, 0.717) is 35.3 Å². The molecule has 0 amide bonds. The van der Waals surface area contributed by atoms with Crippen LogP contribution in [0.5, 0.6) is 11.5 Å². The molecule has 3 rings (SSSR count). The second-order valence-electron chi connectivity index (χ2n) is 5.63. The number of nitrogens with zero attached hydrogens (tertiary/aromatic N) is 3. The summed E-state index contributed by atoms with van der Waals surface area (Å²) in [7, 11) is 1.58. The number of anilines is 1. The van der Waals surface area contributed by atoms with Gasteiger partial charge in [0.25, 0.3) is 0 Å². The number of allylic oxidation sites excluding steroid dienone is 1. The number of methoxy groups -OCH3 is 1. The molecule has 1 N–H and O–H groups in total. The highest BCUT2D eigenvalue weighted by Gasteiger charge is 2.36. The third kappa shape index (κ3) is 2.98. The Bertz CT molecular complexity index is 843. The summed E-state index contributed by atoms with van der Waals surface area (Å²) in [5, 5.41) is 7.41. The average molecular weight is 358 g/mol. The molecule has 0 spiro atoms. The van der Waals surface area contributed by atoms with E-state index in [2.05, 4.69) is 15.4 Å². The van der Waals surface area contributed by atoms with Crippen molar-refractivity contribution >= 4 is 11.9 Å². The van der Waals surface area contributed by atoms with Gasteiger partial charge in [0.1, 0.15) is 12.4 Å². The molecule has 1 aromatic carbocycles. The SMILES string of the molecule is CCOC(=O)C1=C(C)Nc2ncnn2C1c1cccc(OC)c1OCC. The van der Waals surface area contributed by atoms with Crippen molar-refractivity contribution in [2.45, 2.75) is 26.8 Å². The largest absolute Gasteiger partial charge is 0.493 e. The number of para-hydroxylation sites is 1. The summed E-state index contributed by atoms with van der Waals surface area (Å²) in [5.74, 6) is 1.30. The molecule has 1 atom stereocenters. The van der Waals surface area contributed by atoms with Crippen molar-refractivity contribution < 1.29 is 19.0 Å². The van der Waals surface area contributed by atoms with Crippen molar-refractivity contribution in [2.24, 2.45) is 0 Å². The fraction of sp³-hybridized carbons (Fsp3) is 0.389. The summed E-state index contributed by atoms with van der Waals surface area (Å²) in [4.78, 5) is 16.9. The van der Waals surface area contributed by atoms with E-state index in [1.54, 1.807) is 18.7 Å². The maximum atomic E-state index is 12.7. The van der Waals surface area contributed by atoms with E-state index in [-0.39, 0.29) is 6.61 Å². The predicted molar refractivity (Wildman–Crippen MR) is 95.3 cm³/mol. The van der Waals surface area contributed by atoms with Crippen molar-refractivity contribution in [3.05, 3.63) is 41.4 Å². The van der Waals surface area contributed by atoms with Gasteiger partial charge >= 0.3 is 5.97 Å². The van der Waals surface area contributed by atoms with E-state index >= 15 is 0 Å². The molecule has 0 saturated carbocycles. The fourth-order valence-corrected chi connectivity index (χ4v) is 3.06. The second-order valence-corrected chi connectivity index (χ2v) is 5.63. The van der Waals surface area contributed by atoms with Crippen LogP contribution in [0.1, 0.15) is 32.4 Å². The number of nitrogens with one attached hydrogen (secondary N) is 1. The minimum atomic E-state index is -0.538. The molecule has 0 fully saturated rings. The number of hydrogen-bond acceptors (Lipinski definition) is 7. The van der Waals surface area contributed by atoms with Crippen molar-refractivity contribution in [3.63, 3.8) is 0 Å². The zero-order valence-corrected chi connectivity index (χ0v) is 15.3. The van der Waals surface area contributed by atoms with Gasteiger partial charge in [0.05, 0.1) is 25.9 Å². The number of carbonyl (C=O) groups excluding carboxylic acids is 1. The number of carbonyl (C=O) groups is 1. The van der Waals surface area contributed by atoms with Crippen molar-refractivity contribution in [1.29, 1.82) is 0 Å². The number of esters is 1. The van der Waals surface area contributed by atoms with Crippen molar-refractivity contribution in [2.75, 3.05) is 25.6 Å². The lowest BCUT2D eigenvalue weighted by Gasteiger charge is -2.29. The number of aromatic nitrogens is 3. The summed E-state index contributed by atoms with van der Waals surface area (Å²) < 4.78 is 18.2. The Morgan fingerprint density at radius 3 is 2.81 bits per heavy atom. The lowest BCUT2D eigenvalue weighted by atomic mass is 9.94. The van der Waals surface area contributed by atoms with Crippen LogP contribution >= 0.6 is 0 Å². The highest BCUT2D eigenvalue weighted by molar-refractivity contribution is 5.92. The molecule has 0 saturated heterocycles. The number of rotatable bonds is 6. The van der Waals surface area contributed by atoms with Gasteiger partial charge in [0, 0.05) is 11.3 Å². The van der Waals surface area contributed by atoms with Crippen LogP contribution in [0.2, 0.25) is 0 Å². The van der Waals surface area contributed by atoms with Crippen LogP contribution in [0.15, 0.2) is 35.8 Å². The summed E-state index contributed by atoms with van der Waals surface area (Å²) >= 11 is 0. The number of ether oxygens (including phenoxy) is 3. The molecule has 8 nitrogen and oxygen atoms in total. The third-order valence-electron chi connectivity index (χ3n) is 4.10. The molecule has 1 aliphatic rings. The number of hydrogen-bond donors (Lipinski definition) is 1. The van der Waals surface area contributed by atoms with Crippen LogP contribution < -0.4 is 14.8 Å². The van der Waals surface area contributed by atoms with Crippen LogP contribution in [0.4, 0.5) is 5.95 Å². The average Bonchev–Trinajstić information content (AvgIpc) is 3.09. The van der Waals surface area contributed by atoms with Crippen LogP contribution in [0.3, 0.4) is 0 Å². The molecule has 0 bridgehead atoms. The third-order valence-corrected chi connectivity index (χ3v) is 4.10. The Morgan fingerprint density at radius 2 is 2.12 bits per heavy atom. The van der Waals surface area contributed by atoms with Gasteiger partial charge < -0.3 is 19.5 Å². The van der Waals surface area contributed by atoms with Crippen molar-refractivity contribution in [3.8, 4) is 11.5 Å². The molecule has 2 aromatic rings. The van der Waals surface area contributed by atoms with Crippen LogP contribution in [-0.4, -0.2) is 41.1 Å². The molecule has 8 heteroatoms. The summed E-state index contributed by atoms with van der Waals surface area (Å²) in [6.07, 6.45) is 1.44. The Kier molecular flexibility index (Phi) is 5.11. The van der Waals surface area contributed by atoms with E-state index in [0.717, 1.165) is 5.56 Å². The van der Waals surface area contributed by atoms with E-state index in [4.69, 9.17) is 14.2 Å². The molecule has 2 heterocycles. The van der Waals surface area contributed by atoms with E-state index in [1.165, 1.54) is 6.33 Å². The number of benzene rings is 1. The molecule has 0 aliphatic carbocycles. The van der Waals surface area contributed by atoms with E-state index in [1.807, 2.05) is 32.0 Å². The first kappa shape index (κ1) is 17.8.